The van der Waals surface area contributed by atoms with Crippen molar-refractivity contribution in [3.8, 4) is 0 Å². The SMILES string of the molecule is CCOC(=O)c1ccccc1NC(=O)C1(C(=O)Nc2cc(C)ccc2C)CC1. The first kappa shape index (κ1) is 19.6. The van der Waals surface area contributed by atoms with Gasteiger partial charge in [0.2, 0.25) is 11.8 Å². The van der Waals surface area contributed by atoms with Gasteiger partial charge in [0.25, 0.3) is 0 Å². The average molecular weight is 380 g/mol. The maximum atomic E-state index is 12.9. The van der Waals surface area contributed by atoms with Crippen LogP contribution in [0.15, 0.2) is 42.5 Å². The predicted molar refractivity (Wildman–Crippen MR) is 107 cm³/mol. The molecule has 28 heavy (non-hydrogen) atoms. The lowest BCUT2D eigenvalue weighted by atomic mass is 10.0. The zero-order valence-corrected chi connectivity index (χ0v) is 16.3. The Morgan fingerprint density at radius 3 is 2.25 bits per heavy atom. The molecular formula is C22H24N2O4. The third-order valence-corrected chi connectivity index (χ3v) is 4.93. The van der Waals surface area contributed by atoms with Crippen LogP contribution in [0.5, 0.6) is 0 Å². The van der Waals surface area contributed by atoms with Gasteiger partial charge in [0.15, 0.2) is 0 Å². The number of carbonyl (C=O) groups excluding carboxylic acids is 3. The third kappa shape index (κ3) is 3.91. The quantitative estimate of drug-likeness (QED) is 0.589. The van der Waals surface area contributed by atoms with Crippen molar-refractivity contribution < 1.29 is 19.1 Å². The molecule has 0 radical (unpaired) electrons. The number of anilines is 2. The standard InChI is InChI=1S/C22H24N2O4/c1-4-28-19(25)16-7-5-6-8-17(16)23-20(26)22(11-12-22)21(27)24-18-13-14(2)9-10-15(18)3/h5-10,13H,4,11-12H2,1-3H3,(H,23,26)(H,24,27). The van der Waals surface area contributed by atoms with Gasteiger partial charge in [0.1, 0.15) is 5.41 Å². The van der Waals surface area contributed by atoms with E-state index in [1.54, 1.807) is 31.2 Å². The first-order chi connectivity index (χ1) is 13.4. The molecule has 0 aromatic heterocycles. The number of rotatable bonds is 6. The Bertz CT molecular complexity index is 932. The molecule has 2 amide bonds. The van der Waals surface area contributed by atoms with Gasteiger partial charge in [-0.2, -0.15) is 0 Å². The smallest absolute Gasteiger partial charge is 0.340 e. The van der Waals surface area contributed by atoms with E-state index in [2.05, 4.69) is 10.6 Å². The highest BCUT2D eigenvalue weighted by molar-refractivity contribution is 6.18. The van der Waals surface area contributed by atoms with Crippen molar-refractivity contribution in [1.82, 2.24) is 0 Å². The van der Waals surface area contributed by atoms with Crippen LogP contribution in [0.3, 0.4) is 0 Å². The van der Waals surface area contributed by atoms with Crippen LogP contribution in [0.1, 0.15) is 41.3 Å². The van der Waals surface area contributed by atoms with E-state index in [0.29, 0.717) is 24.2 Å². The second-order valence-electron chi connectivity index (χ2n) is 7.07. The van der Waals surface area contributed by atoms with Crippen LogP contribution >= 0.6 is 0 Å². The summed E-state index contributed by atoms with van der Waals surface area (Å²) < 4.78 is 5.03. The minimum Gasteiger partial charge on any atom is -0.462 e. The fourth-order valence-corrected chi connectivity index (χ4v) is 3.02. The highest BCUT2D eigenvalue weighted by Gasteiger charge is 2.56. The normalized spacial score (nSPS) is 14.1. The third-order valence-electron chi connectivity index (χ3n) is 4.93. The molecule has 6 heteroatoms. The van der Waals surface area contributed by atoms with Crippen LogP contribution in [0.4, 0.5) is 11.4 Å². The Kier molecular flexibility index (Phi) is 5.49. The zero-order valence-electron chi connectivity index (χ0n) is 16.3. The number of para-hydroxylation sites is 1. The molecule has 0 unspecified atom stereocenters. The molecule has 2 aromatic carbocycles. The molecule has 1 aliphatic carbocycles. The Hall–Kier alpha value is -3.15. The summed E-state index contributed by atoms with van der Waals surface area (Å²) in [5, 5.41) is 5.63. The van der Waals surface area contributed by atoms with Gasteiger partial charge in [-0.05, 0) is 62.9 Å². The van der Waals surface area contributed by atoms with Crippen LogP contribution < -0.4 is 10.6 Å². The van der Waals surface area contributed by atoms with Crippen LogP contribution in [-0.2, 0) is 14.3 Å². The van der Waals surface area contributed by atoms with Crippen molar-refractivity contribution in [3.63, 3.8) is 0 Å². The van der Waals surface area contributed by atoms with E-state index in [1.807, 2.05) is 32.0 Å². The van der Waals surface area contributed by atoms with Gasteiger partial charge in [0.05, 0.1) is 17.9 Å². The van der Waals surface area contributed by atoms with Crippen LogP contribution in [0, 0.1) is 19.3 Å². The topological polar surface area (TPSA) is 84.5 Å². The lowest BCUT2D eigenvalue weighted by Gasteiger charge is -2.18. The Balaban J connectivity index is 1.77. The summed E-state index contributed by atoms with van der Waals surface area (Å²) in [5.41, 5.74) is 2.16. The molecule has 1 aliphatic rings. The summed E-state index contributed by atoms with van der Waals surface area (Å²) in [6, 6.07) is 12.4. The number of hydrogen-bond donors (Lipinski definition) is 2. The van der Waals surface area contributed by atoms with Gasteiger partial charge < -0.3 is 15.4 Å². The molecule has 6 nitrogen and oxygen atoms in total. The highest BCUT2D eigenvalue weighted by Crippen LogP contribution is 2.47. The largest absolute Gasteiger partial charge is 0.462 e. The summed E-state index contributed by atoms with van der Waals surface area (Å²) in [4.78, 5) is 37.8. The van der Waals surface area contributed by atoms with E-state index in [9.17, 15) is 14.4 Å². The molecule has 0 spiro atoms. The molecule has 0 saturated heterocycles. The van der Waals surface area contributed by atoms with E-state index in [-0.39, 0.29) is 18.1 Å². The average Bonchev–Trinajstić information content (AvgIpc) is 3.47. The molecule has 2 aromatic rings. The molecule has 2 N–H and O–H groups in total. The van der Waals surface area contributed by atoms with Crippen molar-refractivity contribution in [3.05, 3.63) is 59.2 Å². The van der Waals surface area contributed by atoms with Crippen molar-refractivity contribution in [2.75, 3.05) is 17.2 Å². The zero-order chi connectivity index (χ0) is 20.3. The van der Waals surface area contributed by atoms with Gasteiger partial charge in [-0.25, -0.2) is 4.79 Å². The number of benzene rings is 2. The van der Waals surface area contributed by atoms with Crippen molar-refractivity contribution in [2.45, 2.75) is 33.6 Å². The minimum absolute atomic E-state index is 0.239. The Labute approximate surface area is 164 Å². The molecule has 3 rings (SSSR count). The summed E-state index contributed by atoms with van der Waals surface area (Å²) in [7, 11) is 0. The number of ether oxygens (including phenoxy) is 1. The highest BCUT2D eigenvalue weighted by atomic mass is 16.5. The number of hydrogen-bond acceptors (Lipinski definition) is 4. The lowest BCUT2D eigenvalue weighted by Crippen LogP contribution is -2.36. The maximum absolute atomic E-state index is 12.9. The number of esters is 1. The van der Waals surface area contributed by atoms with Gasteiger partial charge in [-0.1, -0.05) is 24.3 Å². The maximum Gasteiger partial charge on any atom is 0.340 e. The summed E-state index contributed by atoms with van der Waals surface area (Å²) in [6.07, 6.45) is 0.939. The number of carbonyl (C=O) groups is 3. The van der Waals surface area contributed by atoms with Gasteiger partial charge in [-0.15, -0.1) is 0 Å². The van der Waals surface area contributed by atoms with Crippen LogP contribution in [-0.4, -0.2) is 24.4 Å². The van der Waals surface area contributed by atoms with Crippen molar-refractivity contribution in [1.29, 1.82) is 0 Å². The predicted octanol–water partition coefficient (Wildman–Crippen LogP) is 3.84. The van der Waals surface area contributed by atoms with Gasteiger partial charge in [0, 0.05) is 5.69 Å². The number of aryl methyl sites for hydroxylation is 2. The van der Waals surface area contributed by atoms with Crippen molar-refractivity contribution >= 4 is 29.2 Å². The Morgan fingerprint density at radius 1 is 0.964 bits per heavy atom. The van der Waals surface area contributed by atoms with E-state index in [0.717, 1.165) is 11.1 Å². The van der Waals surface area contributed by atoms with E-state index in [1.165, 1.54) is 0 Å². The molecule has 146 valence electrons. The second kappa shape index (κ2) is 7.84. The fourth-order valence-electron chi connectivity index (χ4n) is 3.02. The van der Waals surface area contributed by atoms with Crippen LogP contribution in [0.2, 0.25) is 0 Å². The van der Waals surface area contributed by atoms with Crippen LogP contribution in [0.25, 0.3) is 0 Å². The second-order valence-corrected chi connectivity index (χ2v) is 7.07. The first-order valence-corrected chi connectivity index (χ1v) is 9.33. The molecule has 0 atom stereocenters. The molecule has 1 saturated carbocycles. The number of nitrogens with one attached hydrogen (secondary N) is 2. The molecular weight excluding hydrogens is 356 g/mol. The molecule has 0 bridgehead atoms. The monoisotopic (exact) mass is 380 g/mol. The minimum atomic E-state index is -1.11. The van der Waals surface area contributed by atoms with E-state index < -0.39 is 17.3 Å². The van der Waals surface area contributed by atoms with E-state index >= 15 is 0 Å². The van der Waals surface area contributed by atoms with E-state index in [4.69, 9.17) is 4.74 Å². The van der Waals surface area contributed by atoms with Gasteiger partial charge in [-0.3, -0.25) is 9.59 Å². The lowest BCUT2D eigenvalue weighted by molar-refractivity contribution is -0.131. The fraction of sp³-hybridized carbons (Fsp3) is 0.318. The van der Waals surface area contributed by atoms with Gasteiger partial charge >= 0.3 is 5.97 Å². The summed E-state index contributed by atoms with van der Waals surface area (Å²) in [5.74, 6) is -1.25. The molecule has 1 fully saturated rings. The summed E-state index contributed by atoms with van der Waals surface area (Å²) in [6.45, 7) is 5.81. The summed E-state index contributed by atoms with van der Waals surface area (Å²) >= 11 is 0. The molecule has 0 aliphatic heterocycles. The first-order valence-electron chi connectivity index (χ1n) is 9.33. The van der Waals surface area contributed by atoms with Crippen molar-refractivity contribution in [2.24, 2.45) is 5.41 Å². The molecule has 0 heterocycles. The Morgan fingerprint density at radius 2 is 1.61 bits per heavy atom. The number of amides is 2.